The monoisotopic (exact) mass is 665 g/mol. The largest absolute Gasteiger partial charge is 0.506 e. The maximum atomic E-state index is 17.5. The molecule has 3 fully saturated rings. The second kappa shape index (κ2) is 11.5. The van der Waals surface area contributed by atoms with Crippen molar-refractivity contribution in [3.8, 4) is 11.8 Å². The summed E-state index contributed by atoms with van der Waals surface area (Å²) in [7, 11) is 0. The highest BCUT2D eigenvalue weighted by Gasteiger charge is 2.76. The van der Waals surface area contributed by atoms with E-state index in [1.165, 1.54) is 30.0 Å². The molecule has 4 aliphatic rings. The summed E-state index contributed by atoms with van der Waals surface area (Å²) >= 11 is 7.24. The molecule has 8 nitrogen and oxygen atoms in total. The number of phenols is 1. The second-order valence-electron chi connectivity index (χ2n) is 13.0. The Kier molecular flexibility index (Phi) is 8.11. The number of carbonyl (C=O) groups excluding carboxylic acids is 3. The number of alkyl halides is 1. The van der Waals surface area contributed by atoms with E-state index < -0.39 is 58.6 Å². The predicted octanol–water partition coefficient (Wildman–Crippen LogP) is 6.53. The molecule has 2 N–H and O–H groups in total. The zero-order valence-corrected chi connectivity index (χ0v) is 26.9. The number of halogens is 2. The molecule has 11 heteroatoms. The number of hydrogen-bond donors (Lipinski definition) is 2. The van der Waals surface area contributed by atoms with Crippen molar-refractivity contribution in [3.63, 3.8) is 0 Å². The van der Waals surface area contributed by atoms with Crippen molar-refractivity contribution in [2.45, 2.75) is 73.1 Å². The molecule has 0 aliphatic heterocycles. The Morgan fingerprint density at radius 2 is 1.85 bits per heavy atom. The van der Waals surface area contributed by atoms with E-state index in [9.17, 15) is 24.6 Å². The molecular weight excluding hydrogens is 633 g/mol. The van der Waals surface area contributed by atoms with Crippen LogP contribution in [0.1, 0.15) is 56.3 Å². The molecule has 7 atom stereocenters. The number of aromatic hydroxyl groups is 1. The SMILES string of the molecule is C[C@]12C=CC(=O)C=C1CC[C@H]1[C@@H]3CCC(OC(=O)c4ccc(Sc5ccc(Cl)c(O)c5)cc4)(C(=O)OCC#N)[C@@]3(C)C[C@H](O)C12F. The Hall–Kier alpha value is -3.65. The van der Waals surface area contributed by atoms with Crippen LogP contribution in [0.4, 0.5) is 4.39 Å². The first-order chi connectivity index (χ1) is 21.8. The van der Waals surface area contributed by atoms with Crippen LogP contribution in [-0.2, 0) is 19.1 Å². The van der Waals surface area contributed by atoms with Gasteiger partial charge in [0.15, 0.2) is 18.1 Å². The summed E-state index contributed by atoms with van der Waals surface area (Å²) in [5.74, 6) is -3.13. The van der Waals surface area contributed by atoms with Gasteiger partial charge >= 0.3 is 11.9 Å². The number of nitriles is 1. The van der Waals surface area contributed by atoms with Crippen LogP contribution in [0.3, 0.4) is 0 Å². The highest BCUT2D eigenvalue weighted by molar-refractivity contribution is 7.99. The van der Waals surface area contributed by atoms with Crippen LogP contribution >= 0.6 is 23.4 Å². The number of esters is 2. The number of benzene rings is 2. The van der Waals surface area contributed by atoms with Gasteiger partial charge in [0.25, 0.3) is 0 Å². The Labute approximate surface area is 275 Å². The summed E-state index contributed by atoms with van der Waals surface area (Å²) in [6.45, 7) is 2.89. The highest BCUT2D eigenvalue weighted by Crippen LogP contribution is 2.70. The number of carbonyl (C=O) groups is 3. The summed E-state index contributed by atoms with van der Waals surface area (Å²) in [6.07, 6.45) is 3.77. The molecule has 3 saturated carbocycles. The minimum absolute atomic E-state index is 0.0329. The topological polar surface area (TPSA) is 134 Å². The summed E-state index contributed by atoms with van der Waals surface area (Å²) in [5, 5.41) is 31.0. The average Bonchev–Trinajstić information content (AvgIpc) is 3.31. The number of hydrogen-bond acceptors (Lipinski definition) is 9. The molecule has 0 amide bonds. The molecule has 46 heavy (non-hydrogen) atoms. The van der Waals surface area contributed by atoms with Crippen molar-refractivity contribution >= 4 is 41.1 Å². The van der Waals surface area contributed by atoms with Gasteiger partial charge in [-0.2, -0.15) is 5.26 Å². The van der Waals surface area contributed by atoms with E-state index >= 15 is 4.39 Å². The Balaban J connectivity index is 1.31. The van der Waals surface area contributed by atoms with Gasteiger partial charge in [0, 0.05) is 26.5 Å². The Bertz CT molecular complexity index is 1720. The molecular formula is C35H33ClFNO7S. The molecule has 6 rings (SSSR count). The standard InChI is InChI=1S/C35H33ClFNO7S/c1-32-13-11-22(39)17-21(32)5-9-26-25-12-14-34(31(43)44-16-15-38,33(25,2)19-29(41)35(26,32)37)45-30(42)20-3-6-23(7-4-20)46-24-8-10-27(36)28(40)18-24/h3-4,6-8,10-11,13,17-18,25-26,29,40-41H,5,9,12,14,16,19H2,1-2H3/t25-,26-,29-,32-,33-,34?,35?/m0/s1. The van der Waals surface area contributed by atoms with Crippen molar-refractivity contribution in [1.82, 2.24) is 0 Å². The number of rotatable bonds is 6. The number of aliphatic hydroxyl groups excluding tert-OH is 1. The number of phenolic OH excluding ortho intramolecular Hbond substituents is 1. The van der Waals surface area contributed by atoms with Crippen LogP contribution in [0.5, 0.6) is 5.75 Å². The van der Waals surface area contributed by atoms with Crippen molar-refractivity contribution in [3.05, 3.63) is 76.9 Å². The van der Waals surface area contributed by atoms with Crippen LogP contribution in [-0.4, -0.2) is 51.9 Å². The highest BCUT2D eigenvalue weighted by atomic mass is 35.5. The van der Waals surface area contributed by atoms with E-state index in [2.05, 4.69) is 0 Å². The van der Waals surface area contributed by atoms with E-state index in [0.717, 1.165) is 9.79 Å². The van der Waals surface area contributed by atoms with E-state index in [0.29, 0.717) is 24.8 Å². The summed E-state index contributed by atoms with van der Waals surface area (Å²) < 4.78 is 29.0. The van der Waals surface area contributed by atoms with E-state index in [1.54, 1.807) is 62.4 Å². The van der Waals surface area contributed by atoms with Gasteiger partial charge in [0.05, 0.1) is 16.7 Å². The number of fused-ring (bicyclic) bond motifs is 5. The van der Waals surface area contributed by atoms with Gasteiger partial charge < -0.3 is 19.7 Å². The number of nitrogens with zero attached hydrogens (tertiary/aromatic N) is 1. The van der Waals surface area contributed by atoms with Crippen molar-refractivity contribution in [2.75, 3.05) is 6.61 Å². The van der Waals surface area contributed by atoms with Gasteiger partial charge in [-0.1, -0.05) is 41.9 Å². The zero-order valence-electron chi connectivity index (χ0n) is 25.3. The van der Waals surface area contributed by atoms with E-state index in [-0.39, 0.29) is 35.0 Å². The lowest BCUT2D eigenvalue weighted by Gasteiger charge is -2.62. The van der Waals surface area contributed by atoms with Crippen LogP contribution in [0.2, 0.25) is 5.02 Å². The first-order valence-electron chi connectivity index (χ1n) is 15.1. The molecule has 0 aromatic heterocycles. The molecule has 2 aromatic carbocycles. The fourth-order valence-corrected chi connectivity index (χ4v) is 9.49. The lowest BCUT2D eigenvalue weighted by Crippen LogP contribution is -2.69. The predicted molar refractivity (Wildman–Crippen MR) is 167 cm³/mol. The van der Waals surface area contributed by atoms with Crippen molar-refractivity contribution in [2.24, 2.45) is 22.7 Å². The van der Waals surface area contributed by atoms with Crippen molar-refractivity contribution < 1.29 is 38.5 Å². The van der Waals surface area contributed by atoms with Crippen LogP contribution in [0.15, 0.2) is 76.1 Å². The second-order valence-corrected chi connectivity index (χ2v) is 14.5. The zero-order chi connectivity index (χ0) is 33.1. The molecule has 0 saturated heterocycles. The maximum Gasteiger partial charge on any atom is 0.352 e. The van der Waals surface area contributed by atoms with Crippen LogP contribution < -0.4 is 0 Å². The lowest BCUT2D eigenvalue weighted by atomic mass is 9.45. The molecule has 240 valence electrons. The molecule has 0 heterocycles. The third-order valence-corrected chi connectivity index (χ3v) is 12.2. The van der Waals surface area contributed by atoms with Crippen LogP contribution in [0, 0.1) is 34.0 Å². The minimum Gasteiger partial charge on any atom is -0.506 e. The number of aliphatic hydroxyl groups is 1. The molecule has 0 radical (unpaired) electrons. The molecule has 4 aliphatic carbocycles. The first kappa shape index (κ1) is 32.3. The van der Waals surface area contributed by atoms with Gasteiger partial charge in [-0.25, -0.2) is 14.0 Å². The average molecular weight is 666 g/mol. The Morgan fingerprint density at radius 3 is 2.54 bits per heavy atom. The summed E-state index contributed by atoms with van der Waals surface area (Å²) in [6, 6.07) is 13.1. The lowest BCUT2D eigenvalue weighted by molar-refractivity contribution is -0.224. The number of ketones is 1. The Morgan fingerprint density at radius 1 is 1.13 bits per heavy atom. The smallest absolute Gasteiger partial charge is 0.352 e. The van der Waals surface area contributed by atoms with Gasteiger partial charge in [-0.05, 0) is 99.6 Å². The number of ether oxygens (including phenoxy) is 2. The summed E-state index contributed by atoms with van der Waals surface area (Å²) in [5.41, 5.74) is -5.62. The van der Waals surface area contributed by atoms with E-state index in [1.807, 2.05) is 0 Å². The van der Waals surface area contributed by atoms with Gasteiger partial charge in [-0.15, -0.1) is 0 Å². The third-order valence-electron chi connectivity index (χ3n) is 10.9. The normalized spacial score (nSPS) is 34.4. The fourth-order valence-electron chi connectivity index (χ4n) is 8.53. The van der Waals surface area contributed by atoms with Crippen molar-refractivity contribution in [1.29, 1.82) is 5.26 Å². The molecule has 2 aromatic rings. The summed E-state index contributed by atoms with van der Waals surface area (Å²) in [4.78, 5) is 41.2. The third kappa shape index (κ3) is 4.78. The van der Waals surface area contributed by atoms with Gasteiger partial charge in [0.1, 0.15) is 11.8 Å². The van der Waals surface area contributed by atoms with Gasteiger partial charge in [-0.3, -0.25) is 4.79 Å². The minimum atomic E-state index is -2.12. The molecule has 2 unspecified atom stereocenters. The van der Waals surface area contributed by atoms with Crippen LogP contribution in [0.25, 0.3) is 0 Å². The first-order valence-corrected chi connectivity index (χ1v) is 16.3. The molecule has 0 spiro atoms. The van der Waals surface area contributed by atoms with E-state index in [4.69, 9.17) is 26.3 Å². The fraction of sp³-hybridized carbons (Fsp3) is 0.429. The number of allylic oxidation sites excluding steroid dienone is 4. The van der Waals surface area contributed by atoms with Gasteiger partial charge in [0.2, 0.25) is 5.60 Å². The quantitative estimate of drug-likeness (QED) is 0.330. The maximum absolute atomic E-state index is 17.5. The molecule has 0 bridgehead atoms.